The molecule has 1 fully saturated rings. The maximum Gasteiger partial charge on any atom is 0.0713 e. The monoisotopic (exact) mass is 177 g/mol. The summed E-state index contributed by atoms with van der Waals surface area (Å²) in [6, 6.07) is 8.40. The summed E-state index contributed by atoms with van der Waals surface area (Å²) in [4.78, 5) is 0. The molecule has 0 radical (unpaired) electrons. The van der Waals surface area contributed by atoms with Crippen LogP contribution in [-0.2, 0) is 16.9 Å². The van der Waals surface area contributed by atoms with E-state index in [0.29, 0.717) is 6.61 Å². The van der Waals surface area contributed by atoms with E-state index in [2.05, 4.69) is 24.3 Å². The molecule has 0 spiro atoms. The van der Waals surface area contributed by atoms with Crippen LogP contribution in [0.15, 0.2) is 24.3 Å². The van der Waals surface area contributed by atoms with Gasteiger partial charge in [0.25, 0.3) is 0 Å². The van der Waals surface area contributed by atoms with E-state index in [1.807, 2.05) is 0 Å². The minimum absolute atomic E-state index is 0.00833. The van der Waals surface area contributed by atoms with Crippen LogP contribution in [0.5, 0.6) is 0 Å². The Morgan fingerprint density at radius 2 is 1.92 bits per heavy atom. The van der Waals surface area contributed by atoms with Gasteiger partial charge in [0.15, 0.2) is 0 Å². The summed E-state index contributed by atoms with van der Waals surface area (Å²) < 4.78 is 5.04. The number of ether oxygens (including phenoxy) is 1. The van der Waals surface area contributed by atoms with Gasteiger partial charge in [0.1, 0.15) is 0 Å². The summed E-state index contributed by atoms with van der Waals surface area (Å²) >= 11 is 0. The van der Waals surface area contributed by atoms with Crippen LogP contribution in [0.4, 0.5) is 0 Å². The zero-order valence-electron chi connectivity index (χ0n) is 7.92. The van der Waals surface area contributed by atoms with Crippen molar-refractivity contribution in [1.29, 1.82) is 0 Å². The Morgan fingerprint density at radius 1 is 1.31 bits per heavy atom. The molecule has 2 heteroatoms. The van der Waals surface area contributed by atoms with Crippen molar-refractivity contribution >= 4 is 0 Å². The van der Waals surface area contributed by atoms with Crippen molar-refractivity contribution in [2.45, 2.75) is 25.0 Å². The molecule has 1 saturated carbocycles. The second kappa shape index (κ2) is 3.13. The highest BCUT2D eigenvalue weighted by atomic mass is 16.5. The summed E-state index contributed by atoms with van der Waals surface area (Å²) in [5.41, 5.74) is 8.51. The zero-order chi connectivity index (χ0) is 9.31. The van der Waals surface area contributed by atoms with Gasteiger partial charge in [-0.25, -0.2) is 0 Å². The van der Waals surface area contributed by atoms with Gasteiger partial charge in [-0.2, -0.15) is 0 Å². The van der Waals surface area contributed by atoms with Gasteiger partial charge in [-0.1, -0.05) is 24.3 Å². The van der Waals surface area contributed by atoms with Crippen LogP contribution in [0.2, 0.25) is 0 Å². The minimum atomic E-state index is -0.00833. The average molecular weight is 177 g/mol. The third-order valence-electron chi connectivity index (χ3n) is 2.63. The molecule has 0 aromatic heterocycles. The first-order valence-electron chi connectivity index (χ1n) is 4.62. The smallest absolute Gasteiger partial charge is 0.0713 e. The van der Waals surface area contributed by atoms with Crippen molar-refractivity contribution in [3.63, 3.8) is 0 Å². The molecule has 2 nitrogen and oxygen atoms in total. The van der Waals surface area contributed by atoms with E-state index in [1.165, 1.54) is 11.1 Å². The summed E-state index contributed by atoms with van der Waals surface area (Å²) in [5.74, 6) is 0. The van der Waals surface area contributed by atoms with E-state index in [9.17, 15) is 0 Å². The van der Waals surface area contributed by atoms with Gasteiger partial charge in [0.05, 0.1) is 6.61 Å². The lowest BCUT2D eigenvalue weighted by molar-refractivity contribution is 0.185. The molecule has 2 N–H and O–H groups in total. The highest BCUT2D eigenvalue weighted by molar-refractivity contribution is 5.31. The van der Waals surface area contributed by atoms with E-state index >= 15 is 0 Å². The number of methoxy groups -OCH3 is 1. The van der Waals surface area contributed by atoms with Gasteiger partial charge in [0, 0.05) is 12.6 Å². The first-order valence-corrected chi connectivity index (χ1v) is 4.62. The summed E-state index contributed by atoms with van der Waals surface area (Å²) in [7, 11) is 1.71. The Morgan fingerprint density at radius 3 is 2.38 bits per heavy atom. The van der Waals surface area contributed by atoms with Crippen LogP contribution in [0, 0.1) is 0 Å². The molecule has 0 bridgehead atoms. The van der Waals surface area contributed by atoms with E-state index in [1.54, 1.807) is 7.11 Å². The van der Waals surface area contributed by atoms with Crippen LogP contribution in [0.25, 0.3) is 0 Å². The number of hydrogen-bond donors (Lipinski definition) is 1. The zero-order valence-corrected chi connectivity index (χ0v) is 7.92. The highest BCUT2D eigenvalue weighted by Crippen LogP contribution is 2.42. The van der Waals surface area contributed by atoms with Crippen molar-refractivity contribution in [2.24, 2.45) is 5.73 Å². The van der Waals surface area contributed by atoms with E-state index in [-0.39, 0.29) is 5.54 Å². The first kappa shape index (κ1) is 8.73. The number of benzene rings is 1. The maximum absolute atomic E-state index is 6.06. The molecule has 2 rings (SSSR count). The lowest BCUT2D eigenvalue weighted by atomic mass is 10.0. The average Bonchev–Trinajstić information content (AvgIpc) is 2.87. The van der Waals surface area contributed by atoms with Gasteiger partial charge in [-0.15, -0.1) is 0 Å². The van der Waals surface area contributed by atoms with Crippen LogP contribution < -0.4 is 5.73 Å². The predicted molar refractivity (Wildman–Crippen MR) is 52.3 cm³/mol. The second-order valence-electron chi connectivity index (χ2n) is 3.79. The molecule has 0 aliphatic heterocycles. The van der Waals surface area contributed by atoms with Crippen LogP contribution in [0.1, 0.15) is 24.0 Å². The summed E-state index contributed by atoms with van der Waals surface area (Å²) in [5, 5.41) is 0. The molecular weight excluding hydrogens is 162 g/mol. The van der Waals surface area contributed by atoms with Crippen molar-refractivity contribution in [1.82, 2.24) is 0 Å². The minimum Gasteiger partial charge on any atom is -0.380 e. The predicted octanol–water partition coefficient (Wildman–Crippen LogP) is 1.78. The van der Waals surface area contributed by atoms with Crippen LogP contribution >= 0.6 is 0 Å². The number of hydrogen-bond acceptors (Lipinski definition) is 2. The molecule has 13 heavy (non-hydrogen) atoms. The summed E-state index contributed by atoms with van der Waals surface area (Å²) in [6.45, 7) is 0.678. The Labute approximate surface area is 78.7 Å². The third-order valence-corrected chi connectivity index (χ3v) is 2.63. The Hall–Kier alpha value is -0.860. The quantitative estimate of drug-likeness (QED) is 0.763. The van der Waals surface area contributed by atoms with Crippen LogP contribution in [0.3, 0.4) is 0 Å². The fraction of sp³-hybridized carbons (Fsp3) is 0.455. The SMILES string of the molecule is COCc1ccc(C2(N)CC2)cc1. The second-order valence-corrected chi connectivity index (χ2v) is 3.79. The molecule has 70 valence electrons. The van der Waals surface area contributed by atoms with Crippen molar-refractivity contribution in [2.75, 3.05) is 7.11 Å². The van der Waals surface area contributed by atoms with Gasteiger partial charge in [-0.3, -0.25) is 0 Å². The summed E-state index contributed by atoms with van der Waals surface area (Å²) in [6.07, 6.45) is 2.24. The molecule has 1 aliphatic rings. The largest absolute Gasteiger partial charge is 0.380 e. The number of nitrogens with two attached hydrogens (primary N) is 1. The van der Waals surface area contributed by atoms with E-state index in [4.69, 9.17) is 10.5 Å². The molecule has 1 aromatic rings. The molecule has 0 atom stereocenters. The molecule has 0 heterocycles. The maximum atomic E-state index is 6.06. The standard InChI is InChI=1S/C11H15NO/c1-13-8-9-2-4-10(5-3-9)11(12)6-7-11/h2-5H,6-8,12H2,1H3. The topological polar surface area (TPSA) is 35.2 Å². The number of rotatable bonds is 3. The van der Waals surface area contributed by atoms with Crippen molar-refractivity contribution in [3.05, 3.63) is 35.4 Å². The van der Waals surface area contributed by atoms with Crippen LogP contribution in [-0.4, -0.2) is 7.11 Å². The van der Waals surface area contributed by atoms with E-state index < -0.39 is 0 Å². The van der Waals surface area contributed by atoms with Gasteiger partial charge in [-0.05, 0) is 24.0 Å². The first-order chi connectivity index (χ1) is 6.24. The fourth-order valence-electron chi connectivity index (χ4n) is 1.52. The Kier molecular flexibility index (Phi) is 2.10. The molecule has 0 unspecified atom stereocenters. The molecule has 1 aromatic carbocycles. The van der Waals surface area contributed by atoms with E-state index in [0.717, 1.165) is 12.8 Å². The van der Waals surface area contributed by atoms with Gasteiger partial charge < -0.3 is 10.5 Å². The third kappa shape index (κ3) is 1.74. The Balaban J connectivity index is 2.14. The lowest BCUT2D eigenvalue weighted by Crippen LogP contribution is -2.18. The molecule has 1 aliphatic carbocycles. The van der Waals surface area contributed by atoms with Crippen molar-refractivity contribution in [3.8, 4) is 0 Å². The molecule has 0 saturated heterocycles. The van der Waals surface area contributed by atoms with Gasteiger partial charge >= 0.3 is 0 Å². The molecular formula is C11H15NO. The Bertz CT molecular complexity index is 287. The molecule has 0 amide bonds. The lowest BCUT2D eigenvalue weighted by Gasteiger charge is -2.09. The normalized spacial score (nSPS) is 18.6. The van der Waals surface area contributed by atoms with Crippen molar-refractivity contribution < 1.29 is 4.74 Å². The van der Waals surface area contributed by atoms with Gasteiger partial charge in [0.2, 0.25) is 0 Å². The fourth-order valence-corrected chi connectivity index (χ4v) is 1.52. The highest BCUT2D eigenvalue weighted by Gasteiger charge is 2.39.